The van der Waals surface area contributed by atoms with E-state index in [1.54, 1.807) is 91.4 Å². The number of pyridine rings is 3. The lowest BCUT2D eigenvalue weighted by atomic mass is 10.1. The van der Waals surface area contributed by atoms with Crippen LogP contribution in [0.4, 0.5) is 39.0 Å². The van der Waals surface area contributed by atoms with Crippen molar-refractivity contribution in [2.75, 3.05) is 47.9 Å². The topological polar surface area (TPSA) is 442 Å². The van der Waals surface area contributed by atoms with Gasteiger partial charge in [-0.05, 0) is 180 Å². The molecule has 6 N–H and O–H groups in total. The number of amides is 3. The highest BCUT2D eigenvalue weighted by Gasteiger charge is 2.43. The molecule has 3 amide bonds. The molecule has 546 valence electrons. The van der Waals surface area contributed by atoms with Crippen LogP contribution in [0.3, 0.4) is 0 Å². The van der Waals surface area contributed by atoms with E-state index < -0.39 is 92.0 Å². The molecule has 3 aromatic heterocycles. The van der Waals surface area contributed by atoms with E-state index in [2.05, 4.69) is 30.9 Å². The zero-order chi connectivity index (χ0) is 74.9. The van der Waals surface area contributed by atoms with Crippen molar-refractivity contribution in [3.05, 3.63) is 232 Å². The largest absolute Gasteiger partial charge is 0.480 e. The number of ketones is 2. The molecular formula is C69H73N13O18S4. The Labute approximate surface area is 599 Å². The van der Waals surface area contributed by atoms with E-state index in [0.717, 1.165) is 46.3 Å². The number of urea groups is 1. The molecule has 35 heteroatoms. The summed E-state index contributed by atoms with van der Waals surface area (Å²) in [5, 5.41) is 38.3. The molecule has 4 saturated heterocycles. The Morgan fingerprint density at radius 3 is 1.15 bits per heavy atom. The fourth-order valence-corrected chi connectivity index (χ4v) is 18.5. The molecule has 104 heavy (non-hydrogen) atoms. The number of hydrogen-bond acceptors (Lipinski definition) is 21. The van der Waals surface area contributed by atoms with Crippen molar-refractivity contribution in [2.24, 2.45) is 0 Å². The first-order valence-electron chi connectivity index (χ1n) is 32.5. The highest BCUT2D eigenvalue weighted by atomic mass is 32.2. The van der Waals surface area contributed by atoms with Crippen molar-refractivity contribution < 1.29 is 72.6 Å². The number of anilines is 4. The predicted octanol–water partition coefficient (Wildman–Crippen LogP) is 8.24. The first-order valence-corrected chi connectivity index (χ1v) is 38.3. The fraction of sp³-hybridized carbons (Fsp3) is 0.275. The molecule has 0 bridgehead atoms. The number of Topliss-reactive ketones (excluding diaryl/α,β-unsaturated/α-hetero) is 2. The van der Waals surface area contributed by atoms with Gasteiger partial charge in [-0.25, -0.2) is 43.4 Å². The number of rotatable bonds is 21. The summed E-state index contributed by atoms with van der Waals surface area (Å²) in [6.07, 6.45) is 8.98. The Balaban J connectivity index is 0.000000164. The molecule has 0 saturated carbocycles. The number of nitro groups is 2. The number of aliphatic carboxylic acids is 1. The molecule has 0 unspecified atom stereocenters. The number of nitrogen functional groups attached to an aromatic ring is 1. The number of nitro benzene ring substituents is 2. The molecule has 4 aliphatic heterocycles. The average Bonchev–Trinajstić information content (AvgIpc) is 1.56. The lowest BCUT2D eigenvalue weighted by Crippen LogP contribution is -2.43. The molecule has 5 aromatic carbocycles. The van der Waals surface area contributed by atoms with Gasteiger partial charge in [-0.15, -0.1) is 0 Å². The smallest absolute Gasteiger partial charge is 0.323 e. The van der Waals surface area contributed by atoms with E-state index in [9.17, 15) is 77.9 Å². The molecule has 0 aliphatic carbocycles. The Hall–Kier alpha value is -10.7. The van der Waals surface area contributed by atoms with Crippen molar-refractivity contribution >= 4 is 104 Å². The van der Waals surface area contributed by atoms with E-state index in [4.69, 9.17) is 10.8 Å². The fourth-order valence-electron chi connectivity index (χ4n) is 11.8. The normalized spacial score (nSPS) is 17.9. The molecule has 0 spiro atoms. The Morgan fingerprint density at radius 1 is 0.452 bits per heavy atom. The number of carboxylic acid groups (broad SMARTS) is 1. The van der Waals surface area contributed by atoms with Crippen LogP contribution in [0.25, 0.3) is 0 Å². The molecule has 4 fully saturated rings. The lowest BCUT2D eigenvalue weighted by molar-refractivity contribution is -0.385. The number of nitrogens with two attached hydrogens (primary N) is 1. The molecule has 4 aliphatic rings. The summed E-state index contributed by atoms with van der Waals surface area (Å²) in [5.41, 5.74) is 9.12. The quantitative estimate of drug-likeness (QED) is 0.0257. The van der Waals surface area contributed by atoms with Gasteiger partial charge < -0.3 is 26.8 Å². The molecule has 8 aromatic rings. The summed E-state index contributed by atoms with van der Waals surface area (Å²) in [6, 6.07) is 40.4. The van der Waals surface area contributed by atoms with Gasteiger partial charge in [-0.1, -0.05) is 35.9 Å². The minimum atomic E-state index is -3.95. The lowest BCUT2D eigenvalue weighted by Gasteiger charge is -2.23. The number of non-ortho nitro benzene ring substituents is 2. The Kier molecular flexibility index (Phi) is 25.7. The van der Waals surface area contributed by atoms with Crippen molar-refractivity contribution in [1.29, 1.82) is 0 Å². The van der Waals surface area contributed by atoms with Gasteiger partial charge in [0.05, 0.1) is 54.4 Å². The molecule has 12 rings (SSSR count). The van der Waals surface area contributed by atoms with E-state index in [0.29, 0.717) is 85.8 Å². The van der Waals surface area contributed by atoms with Gasteiger partial charge in [0, 0.05) is 97.5 Å². The number of hydrogen-bond donors (Lipinski definition) is 5. The van der Waals surface area contributed by atoms with Crippen LogP contribution in [0.15, 0.2) is 214 Å². The minimum absolute atomic E-state index is 0.0505. The van der Waals surface area contributed by atoms with Crippen LogP contribution < -0.4 is 21.7 Å². The van der Waals surface area contributed by atoms with Gasteiger partial charge in [-0.3, -0.25) is 49.4 Å². The maximum absolute atomic E-state index is 13.2. The summed E-state index contributed by atoms with van der Waals surface area (Å²) in [5.74, 6) is -1.55. The van der Waals surface area contributed by atoms with E-state index >= 15 is 0 Å². The van der Waals surface area contributed by atoms with Gasteiger partial charge >= 0.3 is 12.0 Å². The van der Waals surface area contributed by atoms with Gasteiger partial charge in [0.2, 0.25) is 46.0 Å². The standard InChI is InChI=1S/C24H25N5O4S.C17H17N3O5S.C17H19N3O3S.C11H12N2O6S/c1-17-7-9-18(10-8-17)26-24(31)27-19-11-13-20(14-12-19)34(32,33)29-16-4-5-21(29)23(30)28-22-6-2-3-15-25-22;21-17(12-13-4-1-2-10-18-13)16-5-3-11-19(16)26(24,25)15-8-6-14(7-9-15)20(22)23;18-13-6-8-15(9-7-13)24(22,23)20-11-3-5-16(20)17(21)12-14-4-1-2-10-19-14;14-11(15)10-2-1-7-12(10)20(18,19)9-5-3-8(4-6-9)13(16)17/h2-3,6-15,21H,4-5,16H2,1H3,(H,25,28,30)(H2,26,27,31);1-2,4,6-10,16H,3,5,11-12H2;1-2,4,6-10,16H,3,5,11-12,18H2;3-6,10H,1-2,7H2,(H,14,15)/t21-;2*16-;10-/m1000/s1. The Bertz CT molecular complexity index is 4850. The van der Waals surface area contributed by atoms with Crippen LogP contribution in [0.5, 0.6) is 0 Å². The number of benzene rings is 5. The number of nitrogens with one attached hydrogen (secondary N) is 3. The number of carboxylic acids is 1. The van der Waals surface area contributed by atoms with Crippen LogP contribution in [0, 0.1) is 27.2 Å². The molecular weight excluding hydrogens is 1430 g/mol. The minimum Gasteiger partial charge on any atom is -0.480 e. The first kappa shape index (κ1) is 77.5. The van der Waals surface area contributed by atoms with Crippen LogP contribution in [-0.4, -0.2) is 161 Å². The second kappa shape index (κ2) is 34.5. The Morgan fingerprint density at radius 2 is 0.788 bits per heavy atom. The van der Waals surface area contributed by atoms with Gasteiger partial charge in [0.25, 0.3) is 11.4 Å². The summed E-state index contributed by atoms with van der Waals surface area (Å²) in [7, 11) is -15.4. The second-order valence-electron chi connectivity index (χ2n) is 24.1. The van der Waals surface area contributed by atoms with Crippen LogP contribution in [0.1, 0.15) is 68.3 Å². The van der Waals surface area contributed by atoms with E-state index in [1.807, 2.05) is 25.1 Å². The molecule has 0 radical (unpaired) electrons. The number of carbonyl (C=O) groups excluding carboxylic acids is 4. The maximum atomic E-state index is 13.2. The summed E-state index contributed by atoms with van der Waals surface area (Å²) in [6.45, 7) is 2.94. The van der Waals surface area contributed by atoms with Gasteiger partial charge in [-0.2, -0.15) is 17.2 Å². The number of aromatic nitrogens is 3. The summed E-state index contributed by atoms with van der Waals surface area (Å²) < 4.78 is 107. The highest BCUT2D eigenvalue weighted by molar-refractivity contribution is 7.90. The zero-order valence-corrected chi connectivity index (χ0v) is 59.1. The number of aryl methyl sites for hydroxylation is 1. The summed E-state index contributed by atoms with van der Waals surface area (Å²) in [4.78, 5) is 93.6. The molecule has 31 nitrogen and oxygen atoms in total. The van der Waals surface area contributed by atoms with E-state index in [1.165, 1.54) is 61.4 Å². The van der Waals surface area contributed by atoms with Gasteiger partial charge in [0.1, 0.15) is 17.9 Å². The third-order valence-electron chi connectivity index (χ3n) is 17.0. The first-order chi connectivity index (χ1) is 49.5. The monoisotopic (exact) mass is 1500 g/mol. The van der Waals surface area contributed by atoms with Crippen LogP contribution in [-0.2, 0) is 72.1 Å². The number of carbonyl (C=O) groups is 5. The van der Waals surface area contributed by atoms with Gasteiger partial charge in [0.15, 0.2) is 11.6 Å². The number of nitrogens with zero attached hydrogens (tertiary/aromatic N) is 9. The van der Waals surface area contributed by atoms with E-state index in [-0.39, 0.29) is 81.4 Å². The van der Waals surface area contributed by atoms with Crippen molar-refractivity contribution in [1.82, 2.24) is 32.2 Å². The third-order valence-corrected chi connectivity index (χ3v) is 24.7. The van der Waals surface area contributed by atoms with Crippen LogP contribution in [0.2, 0.25) is 0 Å². The molecule has 4 atom stereocenters. The predicted molar refractivity (Wildman–Crippen MR) is 381 cm³/mol. The average molecular weight is 1500 g/mol. The van der Waals surface area contributed by atoms with Crippen molar-refractivity contribution in [3.8, 4) is 0 Å². The molecule has 7 heterocycles. The zero-order valence-electron chi connectivity index (χ0n) is 55.8. The van der Waals surface area contributed by atoms with Crippen molar-refractivity contribution in [2.45, 2.75) is 115 Å². The van der Waals surface area contributed by atoms with Crippen molar-refractivity contribution in [3.63, 3.8) is 0 Å². The third kappa shape index (κ3) is 19.5. The highest BCUT2D eigenvalue weighted by Crippen LogP contribution is 2.33. The summed E-state index contributed by atoms with van der Waals surface area (Å²) >= 11 is 0. The maximum Gasteiger partial charge on any atom is 0.323 e. The SMILES string of the molecule is Cc1ccc(NC(=O)Nc2ccc(S(=O)(=O)N3CCC[C@@H]3C(=O)Nc3ccccn3)cc2)cc1.Nc1ccc(S(=O)(=O)N2CCC[C@H]2C(=O)Cc2ccccn2)cc1.O=C(Cc1ccccn1)[C@@H]1CCCN1S(=O)(=O)c1ccc([N+](=O)[O-])cc1.O=C(O)[C@@H]1CCCN1S(=O)(=O)c1ccc([N+](=O)[O-])cc1. The second-order valence-corrected chi connectivity index (χ2v) is 31.7. The van der Waals surface area contributed by atoms with Crippen LogP contribution >= 0.6 is 0 Å². The number of sulfonamides is 4.